The van der Waals surface area contributed by atoms with Gasteiger partial charge in [-0.15, -0.1) is 0 Å². The largest absolute Gasteiger partial charge is 0.379 e. The highest BCUT2D eigenvalue weighted by Crippen LogP contribution is 2.31. The highest BCUT2D eigenvalue weighted by atomic mass is 16.5. The molecule has 1 aliphatic carbocycles. The van der Waals surface area contributed by atoms with E-state index in [9.17, 15) is 4.79 Å². The molecule has 4 heteroatoms. The van der Waals surface area contributed by atoms with E-state index in [2.05, 4.69) is 23.6 Å². The van der Waals surface area contributed by atoms with Gasteiger partial charge in [-0.2, -0.15) is 0 Å². The summed E-state index contributed by atoms with van der Waals surface area (Å²) >= 11 is 0. The van der Waals surface area contributed by atoms with Crippen molar-refractivity contribution in [2.75, 3.05) is 32.8 Å². The van der Waals surface area contributed by atoms with Gasteiger partial charge in [0.05, 0.1) is 13.2 Å². The van der Waals surface area contributed by atoms with E-state index in [-0.39, 0.29) is 5.91 Å². The van der Waals surface area contributed by atoms with Gasteiger partial charge in [0, 0.05) is 25.2 Å². The average molecular weight is 326 g/mol. The molecule has 1 aromatic rings. The number of morpholine rings is 1. The first-order chi connectivity index (χ1) is 11.6. The lowest BCUT2D eigenvalue weighted by molar-refractivity contribution is 0.0444. The number of nitrogens with two attached hydrogens (primary N) is 1. The van der Waals surface area contributed by atoms with Crippen molar-refractivity contribution in [2.45, 2.75) is 25.7 Å². The van der Waals surface area contributed by atoms with E-state index in [0.29, 0.717) is 5.56 Å². The second-order valence-electron chi connectivity index (χ2n) is 6.59. The predicted octanol–water partition coefficient (Wildman–Crippen LogP) is 3.09. The molecular formula is C20H26N2O2. The Kier molecular flexibility index (Phi) is 5.48. The van der Waals surface area contributed by atoms with Crippen LogP contribution in [0.2, 0.25) is 0 Å². The maximum atomic E-state index is 11.8. The number of hydrogen-bond acceptors (Lipinski definition) is 3. The molecule has 0 saturated carbocycles. The second-order valence-corrected chi connectivity index (χ2v) is 6.59. The van der Waals surface area contributed by atoms with E-state index in [4.69, 9.17) is 10.5 Å². The molecule has 0 unspecified atom stereocenters. The number of benzene rings is 1. The van der Waals surface area contributed by atoms with Crippen molar-refractivity contribution in [3.8, 4) is 0 Å². The Hall–Kier alpha value is -1.91. The summed E-state index contributed by atoms with van der Waals surface area (Å²) in [6.07, 6.45) is 6.73. The molecule has 4 nitrogen and oxygen atoms in total. The predicted molar refractivity (Wildman–Crippen MR) is 97.7 cm³/mol. The molecular weight excluding hydrogens is 300 g/mol. The number of amides is 1. The maximum absolute atomic E-state index is 11.8. The number of allylic oxidation sites excluding steroid dienone is 2. The minimum atomic E-state index is -0.359. The monoisotopic (exact) mass is 326 g/mol. The average Bonchev–Trinajstić information content (AvgIpc) is 2.62. The lowest BCUT2D eigenvalue weighted by Gasteiger charge is -2.27. The van der Waals surface area contributed by atoms with Gasteiger partial charge >= 0.3 is 0 Å². The third-order valence-corrected chi connectivity index (χ3v) is 4.85. The first-order valence-electron chi connectivity index (χ1n) is 8.76. The van der Waals surface area contributed by atoms with Gasteiger partial charge in [0.2, 0.25) is 5.91 Å². The van der Waals surface area contributed by atoms with Crippen LogP contribution in [0.15, 0.2) is 30.9 Å². The Morgan fingerprint density at radius 1 is 1.25 bits per heavy atom. The van der Waals surface area contributed by atoms with Crippen molar-refractivity contribution in [2.24, 2.45) is 5.73 Å². The van der Waals surface area contributed by atoms with Crippen LogP contribution in [0.4, 0.5) is 0 Å². The Morgan fingerprint density at radius 3 is 2.71 bits per heavy atom. The number of hydrogen-bond donors (Lipinski definition) is 1. The molecule has 2 N–H and O–H groups in total. The van der Waals surface area contributed by atoms with Crippen molar-refractivity contribution in [1.29, 1.82) is 0 Å². The number of ether oxygens (including phenoxy) is 1. The summed E-state index contributed by atoms with van der Waals surface area (Å²) in [4.78, 5) is 14.2. The lowest BCUT2D eigenvalue weighted by atomic mass is 9.88. The quantitative estimate of drug-likeness (QED) is 0.904. The van der Waals surface area contributed by atoms with Crippen LogP contribution in [-0.4, -0.2) is 43.7 Å². The SMILES string of the molecule is C=C(CN1CCOCC1)c1ccc(C(N)=O)c(C2=CCCCC2)c1. The van der Waals surface area contributed by atoms with Gasteiger partial charge in [0.1, 0.15) is 0 Å². The normalized spacial score (nSPS) is 18.9. The van der Waals surface area contributed by atoms with Crippen molar-refractivity contribution < 1.29 is 9.53 Å². The summed E-state index contributed by atoms with van der Waals surface area (Å²) in [6, 6.07) is 5.92. The van der Waals surface area contributed by atoms with Gasteiger partial charge < -0.3 is 10.5 Å². The Bertz CT molecular complexity index is 658. The first kappa shape index (κ1) is 16.9. The first-order valence-corrected chi connectivity index (χ1v) is 8.76. The zero-order valence-corrected chi connectivity index (χ0v) is 14.2. The topological polar surface area (TPSA) is 55.6 Å². The Labute approximate surface area is 144 Å². The summed E-state index contributed by atoms with van der Waals surface area (Å²) in [7, 11) is 0. The van der Waals surface area contributed by atoms with Gasteiger partial charge in [-0.1, -0.05) is 18.7 Å². The van der Waals surface area contributed by atoms with Crippen LogP contribution in [0.25, 0.3) is 11.1 Å². The van der Waals surface area contributed by atoms with E-state index in [1.165, 1.54) is 18.4 Å². The fraction of sp³-hybridized carbons (Fsp3) is 0.450. The molecule has 2 aliphatic rings. The van der Waals surface area contributed by atoms with Crippen LogP contribution in [0.5, 0.6) is 0 Å². The fourth-order valence-corrected chi connectivity index (χ4v) is 3.45. The number of primary amides is 1. The molecule has 128 valence electrons. The van der Waals surface area contributed by atoms with E-state index in [1.54, 1.807) is 0 Å². The van der Waals surface area contributed by atoms with Crippen LogP contribution < -0.4 is 5.73 Å². The molecule has 1 heterocycles. The van der Waals surface area contributed by atoms with Crippen LogP contribution in [-0.2, 0) is 4.74 Å². The van der Waals surface area contributed by atoms with Crippen LogP contribution >= 0.6 is 0 Å². The third kappa shape index (κ3) is 3.94. The van der Waals surface area contributed by atoms with Gasteiger partial charge in [0.15, 0.2) is 0 Å². The molecule has 1 aromatic carbocycles. The third-order valence-electron chi connectivity index (χ3n) is 4.85. The highest BCUT2D eigenvalue weighted by Gasteiger charge is 2.17. The molecule has 24 heavy (non-hydrogen) atoms. The highest BCUT2D eigenvalue weighted by molar-refractivity contribution is 5.98. The standard InChI is InChI=1S/C20H26N2O2/c1-15(14-22-9-11-24-12-10-22)17-7-8-18(20(21)23)19(13-17)16-5-3-2-4-6-16/h5,7-8,13H,1-4,6,9-12,14H2,(H2,21,23). The number of carbonyl (C=O) groups is 1. The van der Waals surface area contributed by atoms with Crippen molar-refractivity contribution in [1.82, 2.24) is 4.90 Å². The van der Waals surface area contributed by atoms with Gasteiger partial charge in [-0.3, -0.25) is 9.69 Å². The van der Waals surface area contributed by atoms with Crippen molar-refractivity contribution in [3.63, 3.8) is 0 Å². The Balaban J connectivity index is 1.84. The molecule has 0 atom stereocenters. The summed E-state index contributed by atoms with van der Waals surface area (Å²) in [5.74, 6) is -0.359. The van der Waals surface area contributed by atoms with Gasteiger partial charge in [-0.25, -0.2) is 0 Å². The molecule has 0 bridgehead atoms. The van der Waals surface area contributed by atoms with Crippen molar-refractivity contribution in [3.05, 3.63) is 47.5 Å². The fourth-order valence-electron chi connectivity index (χ4n) is 3.45. The van der Waals surface area contributed by atoms with E-state index >= 15 is 0 Å². The van der Waals surface area contributed by atoms with Crippen LogP contribution in [0.1, 0.15) is 47.2 Å². The smallest absolute Gasteiger partial charge is 0.249 e. The lowest BCUT2D eigenvalue weighted by Crippen LogP contribution is -2.37. The molecule has 1 fully saturated rings. The van der Waals surface area contributed by atoms with Crippen molar-refractivity contribution >= 4 is 17.1 Å². The maximum Gasteiger partial charge on any atom is 0.249 e. The molecule has 1 amide bonds. The zero-order valence-electron chi connectivity index (χ0n) is 14.2. The minimum Gasteiger partial charge on any atom is -0.379 e. The summed E-state index contributed by atoms with van der Waals surface area (Å²) in [5.41, 5.74) is 10.6. The summed E-state index contributed by atoms with van der Waals surface area (Å²) < 4.78 is 5.40. The van der Waals surface area contributed by atoms with E-state index in [1.807, 2.05) is 12.1 Å². The molecule has 3 rings (SSSR count). The zero-order chi connectivity index (χ0) is 16.9. The van der Waals surface area contributed by atoms with Gasteiger partial charge in [-0.05, 0) is 60.1 Å². The summed E-state index contributed by atoms with van der Waals surface area (Å²) in [6.45, 7) is 8.54. The number of rotatable bonds is 5. The van der Waals surface area contributed by atoms with Gasteiger partial charge in [0.25, 0.3) is 0 Å². The Morgan fingerprint density at radius 2 is 2.04 bits per heavy atom. The second kappa shape index (κ2) is 7.77. The summed E-state index contributed by atoms with van der Waals surface area (Å²) in [5, 5.41) is 0. The van der Waals surface area contributed by atoms with Crippen LogP contribution in [0, 0.1) is 0 Å². The number of nitrogens with zero attached hydrogens (tertiary/aromatic N) is 1. The minimum absolute atomic E-state index is 0.359. The molecule has 1 aliphatic heterocycles. The number of carbonyl (C=O) groups excluding carboxylic acids is 1. The van der Waals surface area contributed by atoms with E-state index < -0.39 is 0 Å². The van der Waals surface area contributed by atoms with Crippen LogP contribution in [0.3, 0.4) is 0 Å². The molecule has 0 aromatic heterocycles. The molecule has 0 spiro atoms. The molecule has 0 radical (unpaired) electrons. The molecule has 1 saturated heterocycles. The van der Waals surface area contributed by atoms with E-state index in [0.717, 1.165) is 62.4 Å².